The minimum atomic E-state index is -0.716. The number of benzene rings is 1. The van der Waals surface area contributed by atoms with Crippen LogP contribution in [0.25, 0.3) is 0 Å². The smallest absolute Gasteiger partial charge is 0.320 e. The van der Waals surface area contributed by atoms with Crippen molar-refractivity contribution < 1.29 is 14.7 Å². The molecule has 1 aromatic carbocycles. The first-order valence-electron chi connectivity index (χ1n) is 10.2. The third kappa shape index (κ3) is 3.75. The maximum Gasteiger partial charge on any atom is 0.320 e. The summed E-state index contributed by atoms with van der Waals surface area (Å²) in [5.41, 5.74) is 3.74. The van der Waals surface area contributed by atoms with Gasteiger partial charge in [-0.05, 0) is 68.1 Å². The molecular weight excluding hydrogens is 340 g/mol. The maximum absolute atomic E-state index is 12.3. The van der Waals surface area contributed by atoms with E-state index in [1.807, 2.05) is 4.90 Å². The SMILES string of the molecule is Cc1ccc(CN2CC3(CCN(C(=O)C4CC4)CC3)CC2C(=O)O)cc1C. The molecule has 146 valence electrons. The molecule has 1 atom stereocenters. The van der Waals surface area contributed by atoms with E-state index in [1.54, 1.807) is 0 Å². The molecular formula is C22H30N2O3. The van der Waals surface area contributed by atoms with Crippen molar-refractivity contribution in [3.05, 3.63) is 34.9 Å². The van der Waals surface area contributed by atoms with Crippen LogP contribution in [0.5, 0.6) is 0 Å². The Morgan fingerprint density at radius 2 is 1.85 bits per heavy atom. The van der Waals surface area contributed by atoms with Gasteiger partial charge in [-0.3, -0.25) is 14.5 Å². The third-order valence-electron chi connectivity index (χ3n) is 6.91. The number of rotatable bonds is 4. The van der Waals surface area contributed by atoms with Crippen LogP contribution in [0.1, 0.15) is 48.8 Å². The number of carbonyl (C=O) groups excluding carboxylic acids is 1. The van der Waals surface area contributed by atoms with Crippen molar-refractivity contribution in [1.29, 1.82) is 0 Å². The number of aliphatic carboxylic acids is 1. The molecule has 5 heteroatoms. The van der Waals surface area contributed by atoms with E-state index in [0.29, 0.717) is 18.9 Å². The Labute approximate surface area is 161 Å². The van der Waals surface area contributed by atoms with Gasteiger partial charge in [-0.25, -0.2) is 0 Å². The first-order valence-corrected chi connectivity index (χ1v) is 10.2. The minimum absolute atomic E-state index is 0.0448. The predicted octanol–water partition coefficient (Wildman–Crippen LogP) is 2.98. The van der Waals surface area contributed by atoms with Crippen LogP contribution in [0.2, 0.25) is 0 Å². The Bertz CT molecular complexity index is 748. The molecule has 27 heavy (non-hydrogen) atoms. The van der Waals surface area contributed by atoms with Crippen molar-refractivity contribution in [2.45, 2.75) is 58.5 Å². The number of likely N-dealkylation sites (tertiary alicyclic amines) is 2. The summed E-state index contributed by atoms with van der Waals surface area (Å²) < 4.78 is 0. The van der Waals surface area contributed by atoms with Gasteiger partial charge in [0.25, 0.3) is 0 Å². The van der Waals surface area contributed by atoms with Gasteiger partial charge in [0.2, 0.25) is 5.91 Å². The van der Waals surface area contributed by atoms with E-state index in [9.17, 15) is 14.7 Å². The lowest BCUT2D eigenvalue weighted by molar-refractivity contribution is -0.142. The molecule has 1 aromatic rings. The summed E-state index contributed by atoms with van der Waals surface area (Å²) in [5.74, 6) is -0.118. The van der Waals surface area contributed by atoms with E-state index >= 15 is 0 Å². The molecule has 4 rings (SSSR count). The molecule has 1 N–H and O–H groups in total. The molecule has 2 aliphatic heterocycles. The highest BCUT2D eigenvalue weighted by molar-refractivity contribution is 5.81. The van der Waals surface area contributed by atoms with Crippen molar-refractivity contribution in [3.63, 3.8) is 0 Å². The zero-order valence-electron chi connectivity index (χ0n) is 16.4. The lowest BCUT2D eigenvalue weighted by Gasteiger charge is -2.39. The summed E-state index contributed by atoms with van der Waals surface area (Å²) >= 11 is 0. The fraction of sp³-hybridized carbons (Fsp3) is 0.636. The van der Waals surface area contributed by atoms with Crippen LogP contribution in [-0.4, -0.2) is 52.5 Å². The van der Waals surface area contributed by atoms with Crippen molar-refractivity contribution in [3.8, 4) is 0 Å². The molecule has 0 aromatic heterocycles. The van der Waals surface area contributed by atoms with Gasteiger partial charge < -0.3 is 10.0 Å². The minimum Gasteiger partial charge on any atom is -0.480 e. The second-order valence-corrected chi connectivity index (χ2v) is 8.98. The Morgan fingerprint density at radius 1 is 1.15 bits per heavy atom. The van der Waals surface area contributed by atoms with E-state index in [2.05, 4.69) is 36.9 Å². The molecule has 2 heterocycles. The average molecular weight is 370 g/mol. The molecule has 2 saturated heterocycles. The van der Waals surface area contributed by atoms with E-state index in [1.165, 1.54) is 16.7 Å². The first-order chi connectivity index (χ1) is 12.9. The third-order valence-corrected chi connectivity index (χ3v) is 6.91. The Kier molecular flexibility index (Phi) is 4.75. The van der Waals surface area contributed by atoms with E-state index in [4.69, 9.17) is 0 Å². The van der Waals surface area contributed by atoms with Crippen molar-refractivity contribution >= 4 is 11.9 Å². The Morgan fingerprint density at radius 3 is 2.44 bits per heavy atom. The number of nitrogens with zero attached hydrogens (tertiary/aromatic N) is 2. The monoisotopic (exact) mass is 370 g/mol. The van der Waals surface area contributed by atoms with Gasteiger partial charge in [0, 0.05) is 32.1 Å². The topological polar surface area (TPSA) is 60.9 Å². The molecule has 1 saturated carbocycles. The van der Waals surface area contributed by atoms with Gasteiger partial charge in [0.15, 0.2) is 0 Å². The summed E-state index contributed by atoms with van der Waals surface area (Å²) in [5, 5.41) is 9.79. The number of amides is 1. The molecule has 1 aliphatic carbocycles. The maximum atomic E-state index is 12.3. The molecule has 3 fully saturated rings. The second kappa shape index (κ2) is 6.93. The average Bonchev–Trinajstić information content (AvgIpc) is 3.42. The van der Waals surface area contributed by atoms with E-state index in [0.717, 1.165) is 45.3 Å². The van der Waals surface area contributed by atoms with Crippen LogP contribution >= 0.6 is 0 Å². The number of piperidine rings is 1. The number of hydrogen-bond acceptors (Lipinski definition) is 3. The largest absolute Gasteiger partial charge is 0.480 e. The van der Waals surface area contributed by atoms with Crippen LogP contribution in [0.15, 0.2) is 18.2 Å². The fourth-order valence-electron chi connectivity index (χ4n) is 4.84. The van der Waals surface area contributed by atoms with Crippen molar-refractivity contribution in [2.75, 3.05) is 19.6 Å². The van der Waals surface area contributed by atoms with Gasteiger partial charge in [0.05, 0.1) is 0 Å². The number of aryl methyl sites for hydroxylation is 2. The molecule has 1 amide bonds. The summed E-state index contributed by atoms with van der Waals surface area (Å²) in [6.45, 7) is 7.29. The van der Waals surface area contributed by atoms with Gasteiger partial charge in [-0.1, -0.05) is 18.2 Å². The highest BCUT2D eigenvalue weighted by Gasteiger charge is 2.49. The zero-order chi connectivity index (χ0) is 19.2. The molecule has 1 unspecified atom stereocenters. The standard InChI is InChI=1S/C22H30N2O3/c1-15-3-4-17(11-16(15)2)13-24-14-22(12-19(24)21(26)27)7-9-23(10-8-22)20(25)18-5-6-18/h3-4,11,18-19H,5-10,12-14H2,1-2H3,(H,26,27). The number of carboxylic acids is 1. The van der Waals surface area contributed by atoms with Crippen LogP contribution in [0.3, 0.4) is 0 Å². The van der Waals surface area contributed by atoms with E-state index in [-0.39, 0.29) is 11.3 Å². The van der Waals surface area contributed by atoms with Crippen LogP contribution < -0.4 is 0 Å². The predicted molar refractivity (Wildman–Crippen MR) is 103 cm³/mol. The highest BCUT2D eigenvalue weighted by atomic mass is 16.4. The normalized spacial score (nSPS) is 25.1. The number of carbonyl (C=O) groups is 2. The summed E-state index contributed by atoms with van der Waals surface area (Å²) in [4.78, 5) is 28.4. The second-order valence-electron chi connectivity index (χ2n) is 8.98. The van der Waals surface area contributed by atoms with Crippen LogP contribution in [0, 0.1) is 25.2 Å². The molecule has 3 aliphatic rings. The molecule has 0 bridgehead atoms. The lowest BCUT2D eigenvalue weighted by Crippen LogP contribution is -2.44. The molecule has 5 nitrogen and oxygen atoms in total. The zero-order valence-corrected chi connectivity index (χ0v) is 16.4. The number of hydrogen-bond donors (Lipinski definition) is 1. The van der Waals surface area contributed by atoms with Crippen molar-refractivity contribution in [1.82, 2.24) is 9.80 Å². The van der Waals surface area contributed by atoms with Gasteiger partial charge in [0.1, 0.15) is 6.04 Å². The van der Waals surface area contributed by atoms with Crippen LogP contribution in [0.4, 0.5) is 0 Å². The quantitative estimate of drug-likeness (QED) is 0.885. The first kappa shape index (κ1) is 18.5. The fourth-order valence-corrected chi connectivity index (χ4v) is 4.84. The highest BCUT2D eigenvalue weighted by Crippen LogP contribution is 2.45. The van der Waals surface area contributed by atoms with Gasteiger partial charge in [-0.15, -0.1) is 0 Å². The summed E-state index contributed by atoms with van der Waals surface area (Å²) in [6.07, 6.45) is 4.66. The van der Waals surface area contributed by atoms with E-state index < -0.39 is 12.0 Å². The van der Waals surface area contributed by atoms with Gasteiger partial charge in [-0.2, -0.15) is 0 Å². The Balaban J connectivity index is 1.44. The van der Waals surface area contributed by atoms with Crippen molar-refractivity contribution in [2.24, 2.45) is 11.3 Å². The summed E-state index contributed by atoms with van der Waals surface area (Å²) in [7, 11) is 0. The van der Waals surface area contributed by atoms with Crippen LogP contribution in [-0.2, 0) is 16.1 Å². The lowest BCUT2D eigenvalue weighted by atomic mass is 9.76. The van der Waals surface area contributed by atoms with Gasteiger partial charge >= 0.3 is 5.97 Å². The summed E-state index contributed by atoms with van der Waals surface area (Å²) in [6, 6.07) is 5.99. The number of carboxylic acid groups (broad SMARTS) is 1. The molecule has 0 radical (unpaired) electrons. The Hall–Kier alpha value is -1.88. The molecule has 1 spiro atoms.